The molecule has 0 aliphatic carbocycles. The van der Waals surface area contributed by atoms with E-state index in [2.05, 4.69) is 15.9 Å². The number of carbonyl (C=O) groups is 2. The molecule has 19 heavy (non-hydrogen) atoms. The van der Waals surface area contributed by atoms with E-state index in [4.69, 9.17) is 16.7 Å². The first-order valence-corrected chi connectivity index (χ1v) is 6.79. The Morgan fingerprint density at radius 3 is 2.37 bits per heavy atom. The van der Waals surface area contributed by atoms with Gasteiger partial charge in [0.15, 0.2) is 0 Å². The second-order valence-electron chi connectivity index (χ2n) is 5.08. The number of halogens is 2. The van der Waals surface area contributed by atoms with Crippen LogP contribution in [0.25, 0.3) is 0 Å². The van der Waals surface area contributed by atoms with Crippen molar-refractivity contribution in [2.75, 3.05) is 6.54 Å². The molecule has 0 bridgehead atoms. The molecule has 0 saturated carbocycles. The summed E-state index contributed by atoms with van der Waals surface area (Å²) in [5, 5.41) is 9.33. The second-order valence-corrected chi connectivity index (χ2v) is 6.35. The molecular weight excluding hydrogens is 334 g/mol. The number of nitrogens with zero attached hydrogens (tertiary/aromatic N) is 1. The van der Waals surface area contributed by atoms with Gasteiger partial charge in [0.05, 0.1) is 5.02 Å². The molecule has 0 aromatic heterocycles. The maximum atomic E-state index is 12.4. The van der Waals surface area contributed by atoms with Crippen molar-refractivity contribution in [3.8, 4) is 0 Å². The molecular formula is C13H15BrClNO3. The minimum Gasteiger partial charge on any atom is -0.480 e. The Hall–Kier alpha value is -1.07. The molecule has 6 heteroatoms. The summed E-state index contributed by atoms with van der Waals surface area (Å²) < 4.78 is 0.686. The molecule has 0 unspecified atom stereocenters. The third-order valence-corrected chi connectivity index (χ3v) is 3.75. The van der Waals surface area contributed by atoms with Crippen LogP contribution in [0, 0.1) is 0 Å². The van der Waals surface area contributed by atoms with E-state index in [1.165, 1.54) is 11.0 Å². The van der Waals surface area contributed by atoms with Crippen molar-refractivity contribution in [1.29, 1.82) is 0 Å². The lowest BCUT2D eigenvalue weighted by molar-refractivity contribution is -0.138. The van der Waals surface area contributed by atoms with Crippen molar-refractivity contribution < 1.29 is 14.7 Å². The summed E-state index contributed by atoms with van der Waals surface area (Å²) >= 11 is 9.19. The molecule has 0 aliphatic heterocycles. The molecule has 1 rings (SSSR count). The van der Waals surface area contributed by atoms with Crippen LogP contribution < -0.4 is 0 Å². The zero-order valence-corrected chi connectivity index (χ0v) is 13.2. The van der Waals surface area contributed by atoms with Gasteiger partial charge < -0.3 is 10.0 Å². The van der Waals surface area contributed by atoms with Crippen LogP contribution in [0.3, 0.4) is 0 Å². The summed E-state index contributed by atoms with van der Waals surface area (Å²) in [4.78, 5) is 24.6. The van der Waals surface area contributed by atoms with Crippen LogP contribution in [0.5, 0.6) is 0 Å². The van der Waals surface area contributed by atoms with Gasteiger partial charge in [-0.15, -0.1) is 0 Å². The van der Waals surface area contributed by atoms with Crippen LogP contribution in [0.1, 0.15) is 31.1 Å². The first-order chi connectivity index (χ1) is 8.62. The highest BCUT2D eigenvalue weighted by Crippen LogP contribution is 2.25. The van der Waals surface area contributed by atoms with E-state index in [1.54, 1.807) is 32.9 Å². The Labute approximate surface area is 125 Å². The standard InChI is InChI=1S/C13H15BrClNO3/c1-13(2,3)16(7-11(17)18)12(19)8-4-5-9(14)10(15)6-8/h4-6H,7H2,1-3H3,(H,17,18). The van der Waals surface area contributed by atoms with Crippen LogP contribution in [0.15, 0.2) is 22.7 Å². The predicted octanol–water partition coefficient (Wildman–Crippen LogP) is 3.43. The van der Waals surface area contributed by atoms with Crippen LogP contribution in [0.4, 0.5) is 0 Å². The lowest BCUT2D eigenvalue weighted by Gasteiger charge is -2.34. The van der Waals surface area contributed by atoms with Crippen molar-refractivity contribution >= 4 is 39.4 Å². The molecule has 1 aromatic carbocycles. The molecule has 0 spiro atoms. The Balaban J connectivity index is 3.12. The first-order valence-electron chi connectivity index (χ1n) is 5.61. The van der Waals surface area contributed by atoms with Crippen LogP contribution in [0.2, 0.25) is 5.02 Å². The third-order valence-electron chi connectivity index (χ3n) is 2.51. The number of aliphatic carboxylic acids is 1. The van der Waals surface area contributed by atoms with E-state index in [0.717, 1.165) is 0 Å². The number of benzene rings is 1. The van der Waals surface area contributed by atoms with E-state index in [1.807, 2.05) is 0 Å². The van der Waals surface area contributed by atoms with Gasteiger partial charge in [-0.2, -0.15) is 0 Å². The normalized spacial score (nSPS) is 11.2. The summed E-state index contributed by atoms with van der Waals surface area (Å²) in [7, 11) is 0. The van der Waals surface area contributed by atoms with Gasteiger partial charge in [-0.05, 0) is 54.9 Å². The minimum absolute atomic E-state index is 0.351. The maximum absolute atomic E-state index is 12.4. The minimum atomic E-state index is -1.05. The largest absolute Gasteiger partial charge is 0.480 e. The third kappa shape index (κ3) is 4.21. The summed E-state index contributed by atoms with van der Waals surface area (Å²) in [6.45, 7) is 5.01. The number of carboxylic acids is 1. The number of carbonyl (C=O) groups excluding carboxylic acids is 1. The lowest BCUT2D eigenvalue weighted by atomic mass is 10.0. The van der Waals surface area contributed by atoms with E-state index < -0.39 is 11.5 Å². The zero-order valence-electron chi connectivity index (χ0n) is 10.9. The Kier molecular flexibility index (Phi) is 4.98. The Morgan fingerprint density at radius 1 is 1.37 bits per heavy atom. The van der Waals surface area contributed by atoms with Crippen LogP contribution in [-0.4, -0.2) is 34.0 Å². The first kappa shape index (κ1) is 16.0. The lowest BCUT2D eigenvalue weighted by Crippen LogP contribution is -2.48. The Bertz CT molecular complexity index is 511. The topological polar surface area (TPSA) is 57.6 Å². The number of carboxylic acid groups (broad SMARTS) is 1. The molecule has 1 N–H and O–H groups in total. The molecule has 1 amide bonds. The summed E-state index contributed by atoms with van der Waals surface area (Å²) in [6.07, 6.45) is 0. The molecule has 104 valence electrons. The average molecular weight is 349 g/mol. The molecule has 0 radical (unpaired) electrons. The van der Waals surface area contributed by atoms with Crippen molar-refractivity contribution in [1.82, 2.24) is 4.90 Å². The number of rotatable bonds is 3. The van der Waals surface area contributed by atoms with Gasteiger partial charge in [-0.1, -0.05) is 11.6 Å². The second kappa shape index (κ2) is 5.92. The fraction of sp³-hybridized carbons (Fsp3) is 0.385. The average Bonchev–Trinajstić information content (AvgIpc) is 2.27. The summed E-state index contributed by atoms with van der Waals surface area (Å²) in [6, 6.07) is 4.80. The highest BCUT2D eigenvalue weighted by Gasteiger charge is 2.29. The van der Waals surface area contributed by atoms with Crippen LogP contribution in [-0.2, 0) is 4.79 Å². The fourth-order valence-electron chi connectivity index (χ4n) is 1.53. The zero-order chi connectivity index (χ0) is 14.8. The van der Waals surface area contributed by atoms with E-state index >= 15 is 0 Å². The van der Waals surface area contributed by atoms with E-state index in [9.17, 15) is 9.59 Å². The van der Waals surface area contributed by atoms with Crippen molar-refractivity contribution in [3.63, 3.8) is 0 Å². The maximum Gasteiger partial charge on any atom is 0.323 e. The van der Waals surface area contributed by atoms with Gasteiger partial charge in [0.2, 0.25) is 0 Å². The van der Waals surface area contributed by atoms with Crippen LogP contribution >= 0.6 is 27.5 Å². The van der Waals surface area contributed by atoms with Gasteiger partial charge in [-0.25, -0.2) is 0 Å². The number of hydrogen-bond donors (Lipinski definition) is 1. The van der Waals surface area contributed by atoms with Gasteiger partial charge in [-0.3, -0.25) is 9.59 Å². The molecule has 0 saturated heterocycles. The van der Waals surface area contributed by atoms with E-state index in [-0.39, 0.29) is 12.5 Å². The van der Waals surface area contributed by atoms with Crippen molar-refractivity contribution in [2.24, 2.45) is 0 Å². The van der Waals surface area contributed by atoms with Gasteiger partial charge >= 0.3 is 5.97 Å². The molecule has 0 fully saturated rings. The summed E-state index contributed by atoms with van der Waals surface area (Å²) in [5.74, 6) is -1.41. The smallest absolute Gasteiger partial charge is 0.323 e. The SMILES string of the molecule is CC(C)(C)N(CC(=O)O)C(=O)c1ccc(Br)c(Cl)c1. The quantitative estimate of drug-likeness (QED) is 0.910. The van der Waals surface area contributed by atoms with Gasteiger partial charge in [0.1, 0.15) is 6.54 Å². The fourth-order valence-corrected chi connectivity index (χ4v) is 1.96. The molecule has 1 aromatic rings. The molecule has 0 atom stereocenters. The van der Waals surface area contributed by atoms with Gasteiger partial charge in [0, 0.05) is 15.6 Å². The predicted molar refractivity (Wildman–Crippen MR) is 77.6 cm³/mol. The highest BCUT2D eigenvalue weighted by atomic mass is 79.9. The monoisotopic (exact) mass is 347 g/mol. The van der Waals surface area contributed by atoms with Gasteiger partial charge in [0.25, 0.3) is 5.91 Å². The van der Waals surface area contributed by atoms with Crippen molar-refractivity contribution in [2.45, 2.75) is 26.3 Å². The van der Waals surface area contributed by atoms with E-state index in [0.29, 0.717) is 15.1 Å². The Morgan fingerprint density at radius 2 is 1.95 bits per heavy atom. The summed E-state index contributed by atoms with van der Waals surface area (Å²) in [5.41, 5.74) is -0.223. The molecule has 0 heterocycles. The number of hydrogen-bond acceptors (Lipinski definition) is 2. The number of amides is 1. The molecule has 0 aliphatic rings. The molecule has 4 nitrogen and oxygen atoms in total. The highest BCUT2D eigenvalue weighted by molar-refractivity contribution is 9.10. The van der Waals surface area contributed by atoms with Crippen molar-refractivity contribution in [3.05, 3.63) is 33.3 Å².